The summed E-state index contributed by atoms with van der Waals surface area (Å²) in [6, 6.07) is 6.09. The van der Waals surface area contributed by atoms with Gasteiger partial charge in [-0.15, -0.1) is 0 Å². The molecule has 2 N–H and O–H groups in total. The monoisotopic (exact) mass is 263 g/mol. The first-order valence-electron chi connectivity index (χ1n) is 6.36. The van der Waals surface area contributed by atoms with Crippen LogP contribution in [0.25, 0.3) is 0 Å². The molecule has 0 aliphatic carbocycles. The Morgan fingerprint density at radius 2 is 2.21 bits per heavy atom. The maximum Gasteiger partial charge on any atom is 0.274 e. The number of amides is 1. The maximum atomic E-state index is 11.7. The highest BCUT2D eigenvalue weighted by atomic mass is 16.6. The number of benzene rings is 1. The molecule has 0 saturated carbocycles. The minimum Gasteiger partial charge on any atom is -0.355 e. The molecule has 2 atom stereocenters. The summed E-state index contributed by atoms with van der Waals surface area (Å²) >= 11 is 0. The third-order valence-electron chi connectivity index (χ3n) is 3.34. The van der Waals surface area contributed by atoms with E-state index in [0.717, 1.165) is 12.8 Å². The van der Waals surface area contributed by atoms with Crippen molar-refractivity contribution in [3.05, 3.63) is 39.9 Å². The lowest BCUT2D eigenvalue weighted by Gasteiger charge is -2.26. The number of nitro groups is 1. The van der Waals surface area contributed by atoms with Crippen LogP contribution < -0.4 is 10.6 Å². The molecule has 6 heteroatoms. The molecule has 1 heterocycles. The van der Waals surface area contributed by atoms with Crippen LogP contribution in [0.2, 0.25) is 0 Å². The van der Waals surface area contributed by atoms with Gasteiger partial charge >= 0.3 is 0 Å². The van der Waals surface area contributed by atoms with Crippen molar-refractivity contribution in [2.45, 2.75) is 31.8 Å². The molecule has 2 rings (SSSR count). The molecule has 19 heavy (non-hydrogen) atoms. The van der Waals surface area contributed by atoms with Crippen molar-refractivity contribution in [3.8, 4) is 0 Å². The molecular formula is C13H17N3O3. The molecule has 1 saturated heterocycles. The fourth-order valence-corrected chi connectivity index (χ4v) is 2.34. The van der Waals surface area contributed by atoms with Crippen LogP contribution in [0.3, 0.4) is 0 Å². The Labute approximate surface area is 111 Å². The minimum absolute atomic E-state index is 0.0308. The molecule has 1 aromatic rings. The van der Waals surface area contributed by atoms with Crippen LogP contribution in [0.5, 0.6) is 0 Å². The van der Waals surface area contributed by atoms with Gasteiger partial charge in [0.05, 0.1) is 11.0 Å². The highest BCUT2D eigenvalue weighted by Gasteiger charge is 2.26. The number of hydrogen-bond acceptors (Lipinski definition) is 4. The quantitative estimate of drug-likeness (QED) is 0.637. The van der Waals surface area contributed by atoms with Gasteiger partial charge < -0.3 is 5.32 Å². The van der Waals surface area contributed by atoms with Gasteiger partial charge in [0.15, 0.2) is 0 Å². The van der Waals surface area contributed by atoms with Gasteiger partial charge in [-0.1, -0.05) is 18.2 Å². The van der Waals surface area contributed by atoms with E-state index >= 15 is 0 Å². The van der Waals surface area contributed by atoms with Crippen LogP contribution in [0.15, 0.2) is 24.3 Å². The van der Waals surface area contributed by atoms with Crippen molar-refractivity contribution in [2.24, 2.45) is 0 Å². The van der Waals surface area contributed by atoms with Crippen molar-refractivity contribution >= 4 is 11.6 Å². The first kappa shape index (κ1) is 13.5. The highest BCUT2D eigenvalue weighted by molar-refractivity contribution is 5.82. The van der Waals surface area contributed by atoms with Gasteiger partial charge in [-0.05, 0) is 19.8 Å². The van der Waals surface area contributed by atoms with Crippen molar-refractivity contribution in [1.29, 1.82) is 0 Å². The van der Waals surface area contributed by atoms with E-state index in [-0.39, 0.29) is 23.7 Å². The zero-order valence-corrected chi connectivity index (χ0v) is 10.8. The summed E-state index contributed by atoms with van der Waals surface area (Å²) in [5.41, 5.74) is 0.685. The van der Waals surface area contributed by atoms with Crippen LogP contribution in [0.4, 0.5) is 5.69 Å². The second kappa shape index (κ2) is 5.79. The van der Waals surface area contributed by atoms with Gasteiger partial charge in [0.25, 0.3) is 5.69 Å². The summed E-state index contributed by atoms with van der Waals surface area (Å²) in [7, 11) is 0. The summed E-state index contributed by atoms with van der Waals surface area (Å²) < 4.78 is 0. The van der Waals surface area contributed by atoms with Gasteiger partial charge in [0.1, 0.15) is 0 Å². The SMILES string of the molecule is CC(NC1CCCNC1=O)c1ccccc1[N+](=O)[O-]. The Morgan fingerprint density at radius 1 is 1.47 bits per heavy atom. The third-order valence-corrected chi connectivity index (χ3v) is 3.34. The number of nitrogens with zero attached hydrogens (tertiary/aromatic N) is 1. The van der Waals surface area contributed by atoms with Crippen molar-refractivity contribution < 1.29 is 9.72 Å². The number of carbonyl (C=O) groups is 1. The number of para-hydroxylation sites is 1. The van der Waals surface area contributed by atoms with Gasteiger partial charge in [0, 0.05) is 24.2 Å². The Bertz CT molecular complexity index is 490. The number of nitro benzene ring substituents is 1. The summed E-state index contributed by atoms with van der Waals surface area (Å²) in [6.45, 7) is 2.54. The fraction of sp³-hybridized carbons (Fsp3) is 0.462. The van der Waals surface area contributed by atoms with Crippen LogP contribution >= 0.6 is 0 Å². The predicted octanol–water partition coefficient (Wildman–Crippen LogP) is 1.52. The van der Waals surface area contributed by atoms with E-state index in [1.807, 2.05) is 6.92 Å². The molecule has 1 amide bonds. The lowest BCUT2D eigenvalue weighted by Crippen LogP contribution is -2.48. The van der Waals surface area contributed by atoms with Crippen LogP contribution in [0.1, 0.15) is 31.4 Å². The van der Waals surface area contributed by atoms with E-state index in [1.165, 1.54) is 6.07 Å². The van der Waals surface area contributed by atoms with Crippen LogP contribution in [-0.2, 0) is 4.79 Å². The standard InChI is InChI=1S/C13H17N3O3/c1-9(15-11-6-4-8-14-13(11)17)10-5-2-3-7-12(10)16(18)19/h2-3,5,7,9,11,15H,4,6,8H2,1H3,(H,14,17). The number of piperidine rings is 1. The molecule has 1 aromatic carbocycles. The number of nitrogens with one attached hydrogen (secondary N) is 2. The van der Waals surface area contributed by atoms with Crippen LogP contribution in [-0.4, -0.2) is 23.4 Å². The number of carbonyl (C=O) groups excluding carboxylic acids is 1. The summed E-state index contributed by atoms with van der Waals surface area (Å²) in [4.78, 5) is 22.3. The molecule has 0 bridgehead atoms. The zero-order chi connectivity index (χ0) is 13.8. The van der Waals surface area contributed by atoms with E-state index in [0.29, 0.717) is 12.1 Å². The Hall–Kier alpha value is -1.95. The summed E-state index contributed by atoms with van der Waals surface area (Å²) in [5, 5.41) is 16.9. The van der Waals surface area contributed by atoms with Crippen LogP contribution in [0, 0.1) is 10.1 Å². The largest absolute Gasteiger partial charge is 0.355 e. The van der Waals surface area contributed by atoms with Gasteiger partial charge in [-0.2, -0.15) is 0 Å². The third kappa shape index (κ3) is 3.08. The molecule has 1 aliphatic heterocycles. The molecule has 1 aliphatic rings. The lowest BCUT2D eigenvalue weighted by atomic mass is 10.0. The minimum atomic E-state index is -0.394. The van der Waals surface area contributed by atoms with Gasteiger partial charge in [-0.3, -0.25) is 20.2 Å². The Balaban J connectivity index is 2.13. The highest BCUT2D eigenvalue weighted by Crippen LogP contribution is 2.25. The normalized spacial score (nSPS) is 20.7. The molecule has 0 aromatic heterocycles. The topological polar surface area (TPSA) is 84.3 Å². The van der Waals surface area contributed by atoms with Crippen molar-refractivity contribution in [1.82, 2.24) is 10.6 Å². The second-order valence-electron chi connectivity index (χ2n) is 4.69. The zero-order valence-electron chi connectivity index (χ0n) is 10.8. The number of rotatable bonds is 4. The molecule has 0 spiro atoms. The van der Waals surface area contributed by atoms with Crippen molar-refractivity contribution in [3.63, 3.8) is 0 Å². The summed E-state index contributed by atoms with van der Waals surface area (Å²) in [5.74, 6) is -0.0308. The average Bonchev–Trinajstić information content (AvgIpc) is 2.41. The predicted molar refractivity (Wildman–Crippen MR) is 70.7 cm³/mol. The summed E-state index contributed by atoms with van der Waals surface area (Å²) in [6.07, 6.45) is 1.68. The van der Waals surface area contributed by atoms with E-state index in [2.05, 4.69) is 10.6 Å². The van der Waals surface area contributed by atoms with E-state index < -0.39 is 4.92 Å². The molecular weight excluding hydrogens is 246 g/mol. The Morgan fingerprint density at radius 3 is 2.89 bits per heavy atom. The Kier molecular flexibility index (Phi) is 4.11. The smallest absolute Gasteiger partial charge is 0.274 e. The van der Waals surface area contributed by atoms with Gasteiger partial charge in [0.2, 0.25) is 5.91 Å². The first-order valence-corrected chi connectivity index (χ1v) is 6.36. The molecule has 102 valence electrons. The van der Waals surface area contributed by atoms with Gasteiger partial charge in [-0.25, -0.2) is 0 Å². The second-order valence-corrected chi connectivity index (χ2v) is 4.69. The molecule has 1 fully saturated rings. The fourth-order valence-electron chi connectivity index (χ4n) is 2.34. The number of hydrogen-bond donors (Lipinski definition) is 2. The van der Waals surface area contributed by atoms with E-state index in [4.69, 9.17) is 0 Å². The van der Waals surface area contributed by atoms with E-state index in [1.54, 1.807) is 18.2 Å². The van der Waals surface area contributed by atoms with E-state index in [9.17, 15) is 14.9 Å². The van der Waals surface area contributed by atoms with Crippen molar-refractivity contribution in [2.75, 3.05) is 6.54 Å². The average molecular weight is 263 g/mol. The molecule has 6 nitrogen and oxygen atoms in total. The first-order chi connectivity index (χ1) is 9.09. The lowest BCUT2D eigenvalue weighted by molar-refractivity contribution is -0.385. The molecule has 0 radical (unpaired) electrons. The molecule has 2 unspecified atom stereocenters. The maximum absolute atomic E-state index is 11.7.